The van der Waals surface area contributed by atoms with Gasteiger partial charge < -0.3 is 20.5 Å². The number of hydrogen-bond donors (Lipinski definition) is 3. The summed E-state index contributed by atoms with van der Waals surface area (Å²) >= 11 is 0. The average molecular weight is 278 g/mol. The van der Waals surface area contributed by atoms with E-state index in [1.807, 2.05) is 26.0 Å². The molecule has 0 bridgehead atoms. The van der Waals surface area contributed by atoms with Crippen LogP contribution in [0.2, 0.25) is 0 Å². The Morgan fingerprint density at radius 2 is 2.20 bits per heavy atom. The summed E-state index contributed by atoms with van der Waals surface area (Å²) in [6, 6.07) is 5.22. The molecule has 5 heteroatoms. The second kappa shape index (κ2) is 5.71. The Morgan fingerprint density at radius 1 is 1.50 bits per heavy atom. The van der Waals surface area contributed by atoms with Crippen LogP contribution < -0.4 is 15.4 Å². The summed E-state index contributed by atoms with van der Waals surface area (Å²) in [6.45, 7) is 3.74. The molecule has 1 fully saturated rings. The van der Waals surface area contributed by atoms with Gasteiger partial charge in [0.2, 0.25) is 0 Å². The summed E-state index contributed by atoms with van der Waals surface area (Å²) in [6.07, 6.45) is 2.10. The van der Waals surface area contributed by atoms with Gasteiger partial charge in [-0.05, 0) is 44.2 Å². The highest BCUT2D eigenvalue weighted by atomic mass is 16.5. The van der Waals surface area contributed by atoms with Crippen LogP contribution in [0.3, 0.4) is 0 Å². The average Bonchev–Trinajstić information content (AvgIpc) is 3.26. The fraction of sp³-hybridized carbons (Fsp3) is 0.533. The monoisotopic (exact) mass is 278 g/mol. The lowest BCUT2D eigenvalue weighted by atomic mass is 9.97. The van der Waals surface area contributed by atoms with Gasteiger partial charge in [-0.2, -0.15) is 0 Å². The number of aryl methyl sites for hydroxylation is 1. The van der Waals surface area contributed by atoms with Gasteiger partial charge in [0.25, 0.3) is 0 Å². The van der Waals surface area contributed by atoms with Gasteiger partial charge in [0.15, 0.2) is 0 Å². The Balaban J connectivity index is 2.04. The first-order valence-electron chi connectivity index (χ1n) is 6.83. The molecule has 20 heavy (non-hydrogen) atoms. The highest BCUT2D eigenvalue weighted by molar-refractivity contribution is 5.90. The number of ether oxygens (including phenoxy) is 1. The first-order valence-corrected chi connectivity index (χ1v) is 6.83. The zero-order valence-electron chi connectivity index (χ0n) is 12.2. The lowest BCUT2D eigenvalue weighted by Crippen LogP contribution is -2.52. The maximum Gasteiger partial charge on any atom is 0.319 e. The van der Waals surface area contributed by atoms with Gasteiger partial charge in [-0.15, -0.1) is 0 Å². The molecule has 0 aromatic heterocycles. The van der Waals surface area contributed by atoms with Gasteiger partial charge >= 0.3 is 6.03 Å². The Hall–Kier alpha value is -1.75. The van der Waals surface area contributed by atoms with Gasteiger partial charge in [-0.1, -0.05) is 6.07 Å². The summed E-state index contributed by atoms with van der Waals surface area (Å²) in [7, 11) is 1.59. The van der Waals surface area contributed by atoms with Crippen LogP contribution in [0.4, 0.5) is 10.5 Å². The van der Waals surface area contributed by atoms with Crippen molar-refractivity contribution in [3.8, 4) is 5.75 Å². The molecule has 2 amide bonds. The number of urea groups is 1. The zero-order valence-corrected chi connectivity index (χ0v) is 12.2. The predicted molar refractivity (Wildman–Crippen MR) is 78.1 cm³/mol. The lowest BCUT2D eigenvalue weighted by molar-refractivity contribution is 0.159. The molecular weight excluding hydrogens is 256 g/mol. The summed E-state index contributed by atoms with van der Waals surface area (Å²) in [5, 5.41) is 15.2. The van der Waals surface area contributed by atoms with E-state index in [1.54, 1.807) is 13.2 Å². The minimum absolute atomic E-state index is 0.0534. The molecule has 0 saturated heterocycles. The maximum atomic E-state index is 12.1. The van der Waals surface area contributed by atoms with Crippen LogP contribution in [-0.2, 0) is 0 Å². The van der Waals surface area contributed by atoms with E-state index in [1.165, 1.54) is 0 Å². The second-order valence-electron chi connectivity index (χ2n) is 5.61. The number of hydrogen-bond acceptors (Lipinski definition) is 3. The first kappa shape index (κ1) is 14.7. The van der Waals surface area contributed by atoms with Crippen molar-refractivity contribution in [3.05, 3.63) is 23.8 Å². The van der Waals surface area contributed by atoms with Crippen LogP contribution in [-0.4, -0.2) is 30.4 Å². The standard InChI is InChI=1S/C15H22N2O3/c1-10-4-7-12(20-3)8-13(10)16-14(19)17-15(2,9-18)11-5-6-11/h4,7-8,11,18H,5-6,9H2,1-3H3,(H2,16,17,19). The van der Waals surface area contributed by atoms with Crippen molar-refractivity contribution >= 4 is 11.7 Å². The van der Waals surface area contributed by atoms with E-state index in [0.717, 1.165) is 18.4 Å². The molecule has 0 radical (unpaired) electrons. The number of nitrogens with one attached hydrogen (secondary N) is 2. The molecule has 3 N–H and O–H groups in total. The summed E-state index contributed by atoms with van der Waals surface area (Å²) in [4.78, 5) is 12.1. The van der Waals surface area contributed by atoms with Gasteiger partial charge in [0.05, 0.1) is 19.3 Å². The SMILES string of the molecule is COc1ccc(C)c(NC(=O)NC(C)(CO)C2CC2)c1. The number of methoxy groups -OCH3 is 1. The van der Waals surface area contributed by atoms with Crippen LogP contribution in [0.5, 0.6) is 5.75 Å². The maximum absolute atomic E-state index is 12.1. The van der Waals surface area contributed by atoms with Crippen molar-refractivity contribution in [2.75, 3.05) is 19.0 Å². The Morgan fingerprint density at radius 3 is 2.75 bits per heavy atom. The Kier molecular flexibility index (Phi) is 4.18. The first-order chi connectivity index (χ1) is 9.48. The van der Waals surface area contributed by atoms with Gasteiger partial charge in [-0.3, -0.25) is 0 Å². The molecule has 1 aliphatic carbocycles. The molecule has 1 atom stereocenters. The van der Waals surface area contributed by atoms with Crippen molar-refractivity contribution in [3.63, 3.8) is 0 Å². The largest absolute Gasteiger partial charge is 0.497 e. The fourth-order valence-corrected chi connectivity index (χ4v) is 2.27. The molecule has 1 aromatic rings. The third-order valence-electron chi connectivity index (χ3n) is 3.90. The van der Waals surface area contributed by atoms with Crippen molar-refractivity contribution in [2.24, 2.45) is 5.92 Å². The van der Waals surface area contributed by atoms with Crippen molar-refractivity contribution in [2.45, 2.75) is 32.2 Å². The molecular formula is C15H22N2O3. The quantitative estimate of drug-likeness (QED) is 0.774. The van der Waals surface area contributed by atoms with E-state index in [2.05, 4.69) is 10.6 Å². The van der Waals surface area contributed by atoms with Crippen LogP contribution in [0.25, 0.3) is 0 Å². The lowest BCUT2D eigenvalue weighted by Gasteiger charge is -2.29. The third-order valence-corrected chi connectivity index (χ3v) is 3.90. The molecule has 1 aliphatic rings. The normalized spacial score (nSPS) is 17.2. The number of anilines is 1. The van der Waals surface area contributed by atoms with Gasteiger partial charge in [-0.25, -0.2) is 4.79 Å². The van der Waals surface area contributed by atoms with E-state index in [0.29, 0.717) is 17.4 Å². The molecule has 1 aromatic carbocycles. The molecule has 110 valence electrons. The predicted octanol–water partition coefficient (Wildman–Crippen LogP) is 2.29. The molecule has 0 spiro atoms. The van der Waals surface area contributed by atoms with Gasteiger partial charge in [0, 0.05) is 11.8 Å². The molecule has 1 unspecified atom stereocenters. The number of benzene rings is 1. The molecule has 0 heterocycles. The highest BCUT2D eigenvalue weighted by Crippen LogP contribution is 2.39. The number of carbonyl (C=O) groups is 1. The van der Waals surface area contributed by atoms with Crippen molar-refractivity contribution in [1.29, 1.82) is 0 Å². The molecule has 2 rings (SSSR count). The number of aliphatic hydroxyl groups is 1. The number of amides is 2. The third kappa shape index (κ3) is 3.22. The molecule has 1 saturated carbocycles. The minimum Gasteiger partial charge on any atom is -0.497 e. The van der Waals surface area contributed by atoms with E-state index in [4.69, 9.17) is 4.74 Å². The smallest absolute Gasteiger partial charge is 0.319 e. The summed E-state index contributed by atoms with van der Waals surface area (Å²) in [5.41, 5.74) is 1.12. The van der Waals surface area contributed by atoms with Crippen molar-refractivity contribution in [1.82, 2.24) is 5.32 Å². The minimum atomic E-state index is -0.545. The fourth-order valence-electron chi connectivity index (χ4n) is 2.27. The van der Waals surface area contributed by atoms with Crippen LogP contribution in [0, 0.1) is 12.8 Å². The summed E-state index contributed by atoms with van der Waals surface area (Å²) in [5.74, 6) is 1.06. The Labute approximate surface area is 119 Å². The van der Waals surface area contributed by atoms with Crippen LogP contribution in [0.1, 0.15) is 25.3 Å². The topological polar surface area (TPSA) is 70.6 Å². The van der Waals surface area contributed by atoms with E-state index >= 15 is 0 Å². The zero-order chi connectivity index (χ0) is 14.8. The summed E-state index contributed by atoms with van der Waals surface area (Å²) < 4.78 is 5.15. The second-order valence-corrected chi connectivity index (χ2v) is 5.61. The van der Waals surface area contributed by atoms with Crippen molar-refractivity contribution < 1.29 is 14.6 Å². The van der Waals surface area contributed by atoms with E-state index in [9.17, 15) is 9.90 Å². The van der Waals surface area contributed by atoms with E-state index in [-0.39, 0.29) is 12.6 Å². The van der Waals surface area contributed by atoms with E-state index < -0.39 is 5.54 Å². The number of aliphatic hydroxyl groups excluding tert-OH is 1. The molecule has 5 nitrogen and oxygen atoms in total. The van der Waals surface area contributed by atoms with Gasteiger partial charge in [0.1, 0.15) is 5.75 Å². The number of carbonyl (C=O) groups excluding carboxylic acids is 1. The Bertz CT molecular complexity index is 500. The molecule has 0 aliphatic heterocycles. The van der Waals surface area contributed by atoms with Crippen LogP contribution >= 0.6 is 0 Å². The highest BCUT2D eigenvalue weighted by Gasteiger charge is 2.42. The van der Waals surface area contributed by atoms with Crippen LogP contribution in [0.15, 0.2) is 18.2 Å². The number of rotatable bonds is 5.